The number of hydrogen-bond donors (Lipinski definition) is 2. The van der Waals surface area contributed by atoms with Crippen LogP contribution in [0.1, 0.15) is 31.0 Å². The van der Waals surface area contributed by atoms with E-state index < -0.39 is 11.9 Å². The third-order valence-corrected chi connectivity index (χ3v) is 3.19. The van der Waals surface area contributed by atoms with Gasteiger partial charge in [0, 0.05) is 16.6 Å². The maximum Gasteiger partial charge on any atom is 0.311 e. The first-order valence-electron chi connectivity index (χ1n) is 5.82. The number of carboxylic acids is 1. The number of aliphatic carboxylic acids is 1. The van der Waals surface area contributed by atoms with Crippen LogP contribution in [0.25, 0.3) is 10.9 Å². The number of hydrogen-bond acceptors (Lipinski definition) is 1. The Morgan fingerprint density at radius 2 is 1.94 bits per heavy atom. The highest BCUT2D eigenvalue weighted by atomic mass is 16.4. The van der Waals surface area contributed by atoms with Gasteiger partial charge in [-0.25, -0.2) is 0 Å². The number of benzene rings is 1. The number of fused-ring (bicyclic) bond motifs is 1. The average Bonchev–Trinajstić information content (AvgIpc) is 2.55. The molecule has 0 bridgehead atoms. The number of H-pyrrole nitrogens is 1. The van der Waals surface area contributed by atoms with E-state index in [0.29, 0.717) is 0 Å². The summed E-state index contributed by atoms with van der Waals surface area (Å²) in [5.41, 5.74) is 2.88. The van der Waals surface area contributed by atoms with E-state index in [4.69, 9.17) is 0 Å². The maximum absolute atomic E-state index is 11.4. The van der Waals surface area contributed by atoms with Gasteiger partial charge in [-0.15, -0.1) is 0 Å². The summed E-state index contributed by atoms with van der Waals surface area (Å²) in [6.45, 7) is 5.83. The van der Waals surface area contributed by atoms with Crippen LogP contribution in [-0.4, -0.2) is 16.1 Å². The zero-order valence-corrected chi connectivity index (χ0v) is 10.3. The summed E-state index contributed by atoms with van der Waals surface area (Å²) in [7, 11) is 0. The van der Waals surface area contributed by atoms with E-state index in [0.717, 1.165) is 22.2 Å². The van der Waals surface area contributed by atoms with E-state index in [9.17, 15) is 9.90 Å². The Balaban J connectivity index is 2.68. The molecule has 2 aromatic rings. The third kappa shape index (κ3) is 1.93. The van der Waals surface area contributed by atoms with Crippen LogP contribution >= 0.6 is 0 Å². The lowest BCUT2D eigenvalue weighted by atomic mass is 9.87. The van der Waals surface area contributed by atoms with Crippen molar-refractivity contribution < 1.29 is 9.90 Å². The van der Waals surface area contributed by atoms with Gasteiger partial charge in [-0.05, 0) is 24.5 Å². The Kier molecular flexibility index (Phi) is 2.92. The third-order valence-electron chi connectivity index (χ3n) is 3.19. The van der Waals surface area contributed by atoms with Gasteiger partial charge in [0.1, 0.15) is 0 Å². The van der Waals surface area contributed by atoms with Crippen molar-refractivity contribution in [1.29, 1.82) is 0 Å². The summed E-state index contributed by atoms with van der Waals surface area (Å²) in [5.74, 6) is -1.13. The summed E-state index contributed by atoms with van der Waals surface area (Å²) < 4.78 is 0. The SMILES string of the molecule is Cc1[nH]c2ccccc2c1C(C(=O)O)C(C)C. The van der Waals surface area contributed by atoms with Crippen LogP contribution in [0.3, 0.4) is 0 Å². The zero-order valence-electron chi connectivity index (χ0n) is 10.3. The van der Waals surface area contributed by atoms with Gasteiger partial charge >= 0.3 is 5.97 Å². The molecule has 3 heteroatoms. The average molecular weight is 231 g/mol. The van der Waals surface area contributed by atoms with E-state index in [1.54, 1.807) is 0 Å². The predicted octanol–water partition coefficient (Wildman–Crippen LogP) is 3.30. The van der Waals surface area contributed by atoms with E-state index >= 15 is 0 Å². The Bertz CT molecular complexity index is 554. The van der Waals surface area contributed by atoms with Gasteiger partial charge < -0.3 is 10.1 Å². The molecule has 1 aromatic carbocycles. The lowest BCUT2D eigenvalue weighted by molar-refractivity contribution is -0.139. The number of rotatable bonds is 3. The van der Waals surface area contributed by atoms with Crippen LogP contribution in [0.2, 0.25) is 0 Å². The van der Waals surface area contributed by atoms with Gasteiger partial charge in [-0.1, -0.05) is 32.0 Å². The molecule has 3 nitrogen and oxygen atoms in total. The second kappa shape index (κ2) is 4.24. The van der Waals surface area contributed by atoms with Crippen molar-refractivity contribution in [2.24, 2.45) is 5.92 Å². The van der Waals surface area contributed by atoms with Crippen molar-refractivity contribution in [2.75, 3.05) is 0 Å². The molecule has 0 radical (unpaired) electrons. The minimum Gasteiger partial charge on any atom is -0.481 e. The first-order chi connectivity index (χ1) is 8.02. The predicted molar refractivity (Wildman–Crippen MR) is 68.3 cm³/mol. The standard InChI is InChI=1S/C14H17NO2/c1-8(2)12(14(16)17)13-9(3)15-11-7-5-4-6-10(11)13/h4-8,12,15H,1-3H3,(H,16,17). The Hall–Kier alpha value is -1.77. The van der Waals surface area contributed by atoms with Gasteiger partial charge in [-0.3, -0.25) is 4.79 Å². The highest BCUT2D eigenvalue weighted by Gasteiger charge is 2.27. The zero-order chi connectivity index (χ0) is 12.6. The first kappa shape index (κ1) is 11.7. The van der Waals surface area contributed by atoms with Crippen LogP contribution in [0, 0.1) is 12.8 Å². The summed E-state index contributed by atoms with van der Waals surface area (Å²) in [6.07, 6.45) is 0. The number of carboxylic acid groups (broad SMARTS) is 1. The fraction of sp³-hybridized carbons (Fsp3) is 0.357. The molecule has 17 heavy (non-hydrogen) atoms. The van der Waals surface area contributed by atoms with Crippen LogP contribution in [0.15, 0.2) is 24.3 Å². The molecule has 0 aliphatic rings. The molecule has 0 aliphatic heterocycles. The first-order valence-corrected chi connectivity index (χ1v) is 5.82. The van der Waals surface area contributed by atoms with Crippen LogP contribution in [-0.2, 0) is 4.79 Å². The molecule has 0 amide bonds. The molecular formula is C14H17NO2. The number of aromatic nitrogens is 1. The molecule has 1 aromatic heterocycles. The molecule has 0 saturated carbocycles. The fourth-order valence-electron chi connectivity index (χ4n) is 2.44. The molecule has 1 unspecified atom stereocenters. The molecule has 0 saturated heterocycles. The van der Waals surface area contributed by atoms with Gasteiger partial charge in [0.05, 0.1) is 5.92 Å². The van der Waals surface area contributed by atoms with Gasteiger partial charge in [0.25, 0.3) is 0 Å². The highest BCUT2D eigenvalue weighted by Crippen LogP contribution is 2.33. The van der Waals surface area contributed by atoms with Crippen molar-refractivity contribution in [3.05, 3.63) is 35.5 Å². The molecule has 2 N–H and O–H groups in total. The van der Waals surface area contributed by atoms with Crippen LogP contribution < -0.4 is 0 Å². The highest BCUT2D eigenvalue weighted by molar-refractivity contribution is 5.90. The lowest BCUT2D eigenvalue weighted by Crippen LogP contribution is -2.18. The van der Waals surface area contributed by atoms with E-state index in [-0.39, 0.29) is 5.92 Å². The van der Waals surface area contributed by atoms with E-state index in [1.807, 2.05) is 45.0 Å². The normalized spacial score (nSPS) is 13.2. The summed E-state index contributed by atoms with van der Waals surface area (Å²) in [5, 5.41) is 10.4. The number of para-hydroxylation sites is 1. The van der Waals surface area contributed by atoms with Gasteiger partial charge in [0.2, 0.25) is 0 Å². The largest absolute Gasteiger partial charge is 0.481 e. The smallest absolute Gasteiger partial charge is 0.311 e. The topological polar surface area (TPSA) is 53.1 Å². The second-order valence-corrected chi connectivity index (χ2v) is 4.77. The second-order valence-electron chi connectivity index (χ2n) is 4.77. The molecule has 1 heterocycles. The van der Waals surface area contributed by atoms with Crippen molar-refractivity contribution >= 4 is 16.9 Å². The molecule has 1 atom stereocenters. The summed E-state index contributed by atoms with van der Waals surface area (Å²) in [6, 6.07) is 7.85. The molecule has 0 spiro atoms. The molecule has 0 aliphatic carbocycles. The summed E-state index contributed by atoms with van der Waals surface area (Å²) >= 11 is 0. The minimum atomic E-state index is -0.757. The molecule has 90 valence electrons. The lowest BCUT2D eigenvalue weighted by Gasteiger charge is -2.16. The minimum absolute atomic E-state index is 0.0745. The van der Waals surface area contributed by atoms with Crippen molar-refractivity contribution in [2.45, 2.75) is 26.7 Å². The Morgan fingerprint density at radius 1 is 1.29 bits per heavy atom. The van der Waals surface area contributed by atoms with E-state index in [1.165, 1.54) is 0 Å². The molecular weight excluding hydrogens is 214 g/mol. The Labute approximate surface area is 100 Å². The van der Waals surface area contributed by atoms with Crippen LogP contribution in [0.4, 0.5) is 0 Å². The summed E-state index contributed by atoms with van der Waals surface area (Å²) in [4.78, 5) is 14.7. The van der Waals surface area contributed by atoms with E-state index in [2.05, 4.69) is 4.98 Å². The monoisotopic (exact) mass is 231 g/mol. The Morgan fingerprint density at radius 3 is 2.53 bits per heavy atom. The number of nitrogens with one attached hydrogen (secondary N) is 1. The van der Waals surface area contributed by atoms with Crippen molar-refractivity contribution in [3.8, 4) is 0 Å². The van der Waals surface area contributed by atoms with Gasteiger partial charge in [0.15, 0.2) is 0 Å². The number of aromatic amines is 1. The molecule has 0 fully saturated rings. The number of carbonyl (C=O) groups is 1. The van der Waals surface area contributed by atoms with Crippen molar-refractivity contribution in [1.82, 2.24) is 4.98 Å². The number of aryl methyl sites for hydroxylation is 1. The molecule has 2 rings (SSSR count). The van der Waals surface area contributed by atoms with Crippen LogP contribution in [0.5, 0.6) is 0 Å². The maximum atomic E-state index is 11.4. The quantitative estimate of drug-likeness (QED) is 0.851. The fourth-order valence-corrected chi connectivity index (χ4v) is 2.44. The van der Waals surface area contributed by atoms with Gasteiger partial charge in [-0.2, -0.15) is 0 Å². The van der Waals surface area contributed by atoms with Crippen molar-refractivity contribution in [3.63, 3.8) is 0 Å².